The molecule has 0 bridgehead atoms. The number of aromatic nitrogens is 2. The summed E-state index contributed by atoms with van der Waals surface area (Å²) in [5, 5.41) is 7.92. The maximum absolute atomic E-state index is 13.1. The summed E-state index contributed by atoms with van der Waals surface area (Å²) in [5.74, 6) is -0.0605. The minimum absolute atomic E-state index is 0.228. The zero-order valence-electron chi connectivity index (χ0n) is 19.8. The molecule has 0 saturated carbocycles. The topological polar surface area (TPSA) is 107 Å². The van der Waals surface area contributed by atoms with Gasteiger partial charge in [-0.1, -0.05) is 18.2 Å². The molecular weight excluding hydrogens is 448 g/mol. The highest BCUT2D eigenvalue weighted by Gasteiger charge is 2.23. The summed E-state index contributed by atoms with van der Waals surface area (Å²) in [6, 6.07) is 15.7. The van der Waals surface area contributed by atoms with Crippen molar-refractivity contribution in [3.8, 4) is 11.4 Å². The molecular formula is C26H26N4O5. The van der Waals surface area contributed by atoms with Crippen LogP contribution in [0, 0.1) is 6.92 Å². The molecule has 0 saturated heterocycles. The molecule has 0 radical (unpaired) electrons. The monoisotopic (exact) mass is 474 g/mol. The number of anilines is 1. The van der Waals surface area contributed by atoms with Crippen LogP contribution in [0.1, 0.15) is 29.8 Å². The Morgan fingerprint density at radius 3 is 2.54 bits per heavy atom. The molecule has 9 nitrogen and oxygen atoms in total. The lowest BCUT2D eigenvalue weighted by Crippen LogP contribution is -2.31. The van der Waals surface area contributed by atoms with Crippen LogP contribution in [0.25, 0.3) is 16.7 Å². The lowest BCUT2D eigenvalue weighted by molar-refractivity contribution is -0.118. The average molecular weight is 475 g/mol. The minimum Gasteiger partial charge on any atom is -0.484 e. The standard InChI is InChI=1S/C26H26N4O5/c1-4-29(5-2)26(33)21-15-27-30(18-9-7-6-8-10-18)25(21)28-23(31)16-34-19-11-12-20-17(3)13-24(32)35-22(20)14-19/h6-15H,4-5,16H2,1-3H3,(H,28,31). The third-order valence-electron chi connectivity index (χ3n) is 5.60. The predicted molar refractivity (Wildman–Crippen MR) is 132 cm³/mol. The summed E-state index contributed by atoms with van der Waals surface area (Å²) >= 11 is 0. The van der Waals surface area contributed by atoms with Crippen LogP contribution >= 0.6 is 0 Å². The number of amides is 2. The second-order valence-corrected chi connectivity index (χ2v) is 7.87. The van der Waals surface area contributed by atoms with E-state index in [0.29, 0.717) is 30.1 Å². The smallest absolute Gasteiger partial charge is 0.336 e. The van der Waals surface area contributed by atoms with Crippen molar-refractivity contribution in [3.63, 3.8) is 0 Å². The van der Waals surface area contributed by atoms with Crippen LogP contribution in [-0.4, -0.2) is 46.2 Å². The van der Waals surface area contributed by atoms with E-state index in [1.165, 1.54) is 16.9 Å². The van der Waals surface area contributed by atoms with Crippen molar-refractivity contribution in [2.75, 3.05) is 25.0 Å². The summed E-state index contributed by atoms with van der Waals surface area (Å²) in [5.41, 5.74) is 1.70. The normalized spacial score (nSPS) is 10.8. The third kappa shape index (κ3) is 5.08. The second-order valence-electron chi connectivity index (χ2n) is 7.87. The Balaban J connectivity index is 1.57. The van der Waals surface area contributed by atoms with Gasteiger partial charge in [-0.05, 0) is 50.6 Å². The number of carbonyl (C=O) groups excluding carboxylic acids is 2. The van der Waals surface area contributed by atoms with Crippen LogP contribution in [0.15, 0.2) is 70.0 Å². The quantitative estimate of drug-likeness (QED) is 0.390. The van der Waals surface area contributed by atoms with Gasteiger partial charge in [0, 0.05) is 30.6 Å². The van der Waals surface area contributed by atoms with Crippen molar-refractivity contribution < 1.29 is 18.7 Å². The zero-order valence-corrected chi connectivity index (χ0v) is 19.8. The van der Waals surface area contributed by atoms with Gasteiger partial charge in [-0.2, -0.15) is 5.10 Å². The van der Waals surface area contributed by atoms with Gasteiger partial charge in [0.2, 0.25) is 0 Å². The van der Waals surface area contributed by atoms with E-state index < -0.39 is 11.5 Å². The summed E-state index contributed by atoms with van der Waals surface area (Å²) in [4.78, 5) is 39.2. The Hall–Kier alpha value is -4.40. The fraction of sp³-hybridized carbons (Fsp3) is 0.231. The Bertz CT molecular complexity index is 1420. The fourth-order valence-electron chi connectivity index (χ4n) is 3.78. The molecule has 0 aliphatic carbocycles. The van der Waals surface area contributed by atoms with Crippen molar-refractivity contribution in [2.24, 2.45) is 0 Å². The number of carbonyl (C=O) groups is 2. The van der Waals surface area contributed by atoms with Gasteiger partial charge in [0.25, 0.3) is 11.8 Å². The van der Waals surface area contributed by atoms with Gasteiger partial charge in [0.15, 0.2) is 6.61 Å². The number of ether oxygens (including phenoxy) is 1. The van der Waals surface area contributed by atoms with E-state index in [1.807, 2.05) is 51.1 Å². The van der Waals surface area contributed by atoms with Gasteiger partial charge in [-0.3, -0.25) is 9.59 Å². The number of fused-ring (bicyclic) bond motifs is 1. The highest BCUT2D eigenvalue weighted by Crippen LogP contribution is 2.24. The maximum atomic E-state index is 13.1. The molecule has 0 spiro atoms. The highest BCUT2D eigenvalue weighted by molar-refractivity contribution is 6.03. The number of hydrogen-bond donors (Lipinski definition) is 1. The molecule has 35 heavy (non-hydrogen) atoms. The molecule has 0 aliphatic heterocycles. The number of benzene rings is 2. The maximum Gasteiger partial charge on any atom is 0.336 e. The molecule has 180 valence electrons. The van der Waals surface area contributed by atoms with Gasteiger partial charge in [0.1, 0.15) is 22.7 Å². The number of nitrogens with zero attached hydrogens (tertiary/aromatic N) is 3. The first-order valence-corrected chi connectivity index (χ1v) is 11.3. The number of nitrogens with one attached hydrogen (secondary N) is 1. The van der Waals surface area contributed by atoms with Crippen LogP contribution in [0.4, 0.5) is 5.82 Å². The van der Waals surface area contributed by atoms with Crippen molar-refractivity contribution in [3.05, 3.63) is 82.3 Å². The Morgan fingerprint density at radius 2 is 1.83 bits per heavy atom. The van der Waals surface area contributed by atoms with Gasteiger partial charge >= 0.3 is 5.63 Å². The number of hydrogen-bond acceptors (Lipinski definition) is 6. The SMILES string of the molecule is CCN(CC)C(=O)c1cnn(-c2ccccc2)c1NC(=O)COc1ccc2c(C)cc(=O)oc2c1. The van der Waals surface area contributed by atoms with Gasteiger partial charge in [0.05, 0.1) is 11.9 Å². The van der Waals surface area contributed by atoms with E-state index in [9.17, 15) is 14.4 Å². The van der Waals surface area contributed by atoms with Crippen molar-refractivity contribution in [1.29, 1.82) is 0 Å². The Kier molecular flexibility index (Phi) is 6.96. The van der Waals surface area contributed by atoms with E-state index in [1.54, 1.807) is 23.1 Å². The molecule has 0 atom stereocenters. The number of para-hydroxylation sites is 1. The van der Waals surface area contributed by atoms with Gasteiger partial charge < -0.3 is 19.4 Å². The lowest BCUT2D eigenvalue weighted by atomic mass is 10.1. The molecule has 4 aromatic rings. The van der Waals surface area contributed by atoms with Crippen molar-refractivity contribution in [2.45, 2.75) is 20.8 Å². The number of rotatable bonds is 8. The molecule has 0 unspecified atom stereocenters. The van der Waals surface area contributed by atoms with E-state index in [4.69, 9.17) is 9.15 Å². The highest BCUT2D eigenvalue weighted by atomic mass is 16.5. The first kappa shape index (κ1) is 23.7. The van der Waals surface area contributed by atoms with Crippen LogP contribution in [0.2, 0.25) is 0 Å². The molecule has 2 amide bonds. The number of aryl methyl sites for hydroxylation is 1. The van der Waals surface area contributed by atoms with Crippen LogP contribution in [0.5, 0.6) is 5.75 Å². The van der Waals surface area contributed by atoms with E-state index >= 15 is 0 Å². The van der Waals surface area contributed by atoms with E-state index in [0.717, 1.165) is 10.9 Å². The summed E-state index contributed by atoms with van der Waals surface area (Å²) in [6.45, 7) is 6.34. The molecule has 9 heteroatoms. The van der Waals surface area contributed by atoms with E-state index in [2.05, 4.69) is 10.4 Å². The lowest BCUT2D eigenvalue weighted by Gasteiger charge is -2.19. The Labute approximate surface area is 201 Å². The molecule has 1 N–H and O–H groups in total. The summed E-state index contributed by atoms with van der Waals surface area (Å²) in [6.07, 6.45) is 1.46. The van der Waals surface area contributed by atoms with Crippen LogP contribution < -0.4 is 15.7 Å². The fourth-order valence-corrected chi connectivity index (χ4v) is 3.78. The second kappa shape index (κ2) is 10.3. The first-order valence-electron chi connectivity index (χ1n) is 11.3. The molecule has 0 aliphatic rings. The van der Waals surface area contributed by atoms with Gasteiger partial charge in [-0.15, -0.1) is 0 Å². The summed E-state index contributed by atoms with van der Waals surface area (Å²) in [7, 11) is 0. The Morgan fingerprint density at radius 1 is 1.09 bits per heavy atom. The minimum atomic E-state index is -0.470. The van der Waals surface area contributed by atoms with Crippen molar-refractivity contribution in [1.82, 2.24) is 14.7 Å². The third-order valence-corrected chi connectivity index (χ3v) is 5.60. The largest absolute Gasteiger partial charge is 0.484 e. The van der Waals surface area contributed by atoms with Crippen LogP contribution in [-0.2, 0) is 4.79 Å². The average Bonchev–Trinajstić information content (AvgIpc) is 3.27. The molecule has 0 fully saturated rings. The van der Waals surface area contributed by atoms with E-state index in [-0.39, 0.29) is 23.9 Å². The summed E-state index contributed by atoms with van der Waals surface area (Å²) < 4.78 is 12.4. The van der Waals surface area contributed by atoms with Gasteiger partial charge in [-0.25, -0.2) is 9.48 Å². The molecule has 2 heterocycles. The van der Waals surface area contributed by atoms with Crippen LogP contribution in [0.3, 0.4) is 0 Å². The zero-order chi connectivity index (χ0) is 24.9. The first-order chi connectivity index (χ1) is 16.9. The predicted octanol–water partition coefficient (Wildman–Crippen LogP) is 3.79. The molecule has 2 aromatic heterocycles. The molecule has 4 rings (SSSR count). The molecule has 2 aromatic carbocycles. The van der Waals surface area contributed by atoms with Crippen molar-refractivity contribution >= 4 is 28.6 Å².